The van der Waals surface area contributed by atoms with E-state index in [1.54, 1.807) is 0 Å². The van der Waals surface area contributed by atoms with Gasteiger partial charge in [-0.15, -0.1) is 0 Å². The first kappa shape index (κ1) is 63.2. The Bertz CT molecular complexity index is 2230. The van der Waals surface area contributed by atoms with E-state index in [9.17, 15) is 50.8 Å². The third kappa shape index (κ3) is 19.6. The van der Waals surface area contributed by atoms with Gasteiger partial charge in [-0.1, -0.05) is 41.5 Å². The highest BCUT2D eigenvalue weighted by Crippen LogP contribution is 2.45. The Labute approximate surface area is 446 Å². The van der Waals surface area contributed by atoms with Gasteiger partial charge < -0.3 is 59.7 Å². The number of rotatable bonds is 30. The van der Waals surface area contributed by atoms with Crippen LogP contribution < -0.4 is 16.0 Å². The van der Waals surface area contributed by atoms with Gasteiger partial charge in [-0.2, -0.15) is 10.5 Å². The summed E-state index contributed by atoms with van der Waals surface area (Å²) < 4.78 is 33.9. The van der Waals surface area contributed by atoms with Crippen molar-refractivity contribution in [3.8, 4) is 24.3 Å². The number of aliphatic hydroxyl groups excluding tert-OH is 3. The number of ether oxygens (including phenoxy) is 6. The van der Waals surface area contributed by atoms with E-state index < -0.39 is 54.0 Å². The predicted octanol–water partition coefficient (Wildman–Crippen LogP) is 3.67. The van der Waals surface area contributed by atoms with Gasteiger partial charge in [0, 0.05) is 56.4 Å². The summed E-state index contributed by atoms with van der Waals surface area (Å²) in [7, 11) is 0. The summed E-state index contributed by atoms with van der Waals surface area (Å²) >= 11 is 0. The molecular formula is C54H72N10O12. The molecule has 0 radical (unpaired) electrons. The molecule has 0 saturated heterocycles. The quantitative estimate of drug-likeness (QED) is 0.0197. The van der Waals surface area contributed by atoms with Gasteiger partial charge in [0.05, 0.1) is 101 Å². The maximum absolute atomic E-state index is 13.2. The third-order valence-corrected chi connectivity index (χ3v) is 12.3. The van der Waals surface area contributed by atoms with Crippen LogP contribution in [-0.4, -0.2) is 157 Å². The van der Waals surface area contributed by atoms with Crippen LogP contribution in [0, 0.1) is 74.7 Å². The Hall–Kier alpha value is -7.09. The van der Waals surface area contributed by atoms with Gasteiger partial charge in [0.1, 0.15) is 37.5 Å². The molecule has 0 amide bonds. The number of aliphatic hydroxyl groups is 3. The lowest BCUT2D eigenvalue weighted by atomic mass is 9.72. The van der Waals surface area contributed by atoms with E-state index in [1.807, 2.05) is 65.8 Å². The van der Waals surface area contributed by atoms with Crippen LogP contribution in [0.1, 0.15) is 80.1 Å². The van der Waals surface area contributed by atoms with Crippen LogP contribution in [0.3, 0.4) is 0 Å². The van der Waals surface area contributed by atoms with Gasteiger partial charge in [0.25, 0.3) is 11.4 Å². The molecule has 0 unspecified atom stereocenters. The Balaban J connectivity index is 1.74. The number of hydrogen-bond acceptors (Lipinski definition) is 20. The monoisotopic (exact) mass is 1050 g/mol. The van der Waals surface area contributed by atoms with E-state index in [0.717, 1.165) is 0 Å². The summed E-state index contributed by atoms with van der Waals surface area (Å²) in [6.07, 6.45) is 2.19. The molecule has 3 aliphatic carbocycles. The zero-order valence-corrected chi connectivity index (χ0v) is 44.6. The molecule has 3 aliphatic rings. The standard InChI is InChI=1S/C54H72N10O12/c1-52(2)27-38(37(33-55)34-56)46(49(68)74-24-15-65)41(30-52)61-9-18-71-21-12-64(13-22-72-19-10-62-42-31-53(3,4)28-39(44(35-57)59-7)47(42)50(69)75-25-16-66)14-23-73-20-11-63-43-32-54(5,6)29-40(45(36-58)60-8)48(43)51(70)76-26-17-67/h61-63,65-67H,9-32H2,1-6H3/b44-39-,45-40-. The molecule has 0 aromatic heterocycles. The van der Waals surface area contributed by atoms with E-state index in [0.29, 0.717) is 75.3 Å². The second-order valence-electron chi connectivity index (χ2n) is 20.3. The third-order valence-electron chi connectivity index (χ3n) is 12.3. The molecule has 0 saturated carbocycles. The lowest BCUT2D eigenvalue weighted by Gasteiger charge is -2.35. The fourth-order valence-corrected chi connectivity index (χ4v) is 9.10. The van der Waals surface area contributed by atoms with Crippen molar-refractivity contribution in [2.24, 2.45) is 16.2 Å². The first-order valence-electron chi connectivity index (χ1n) is 25.1. The highest BCUT2D eigenvalue weighted by molar-refractivity contribution is 5.97. The molecule has 0 fully saturated rings. The lowest BCUT2D eigenvalue weighted by molar-refractivity contribution is -0.140. The van der Waals surface area contributed by atoms with Crippen LogP contribution in [0.15, 0.2) is 67.5 Å². The van der Waals surface area contributed by atoms with Crippen LogP contribution >= 0.6 is 0 Å². The van der Waals surface area contributed by atoms with Gasteiger partial charge >= 0.3 is 17.9 Å². The second-order valence-corrected chi connectivity index (χ2v) is 20.3. The van der Waals surface area contributed by atoms with Gasteiger partial charge in [-0.05, 0) is 71.5 Å². The van der Waals surface area contributed by atoms with Crippen molar-refractivity contribution in [3.05, 3.63) is 90.3 Å². The Kier molecular flexibility index (Phi) is 26.4. The molecule has 6 N–H and O–H groups in total. The molecule has 76 heavy (non-hydrogen) atoms. The summed E-state index contributed by atoms with van der Waals surface area (Å²) in [4.78, 5) is 48.5. The number of allylic oxidation sites excluding steroid dienone is 6. The number of carbonyl (C=O) groups excluding carboxylic acids is 3. The average Bonchev–Trinajstić information content (AvgIpc) is 3.36. The molecule has 410 valence electrons. The largest absolute Gasteiger partial charge is 0.460 e. The lowest BCUT2D eigenvalue weighted by Crippen LogP contribution is -2.36. The fourth-order valence-electron chi connectivity index (χ4n) is 9.10. The minimum Gasteiger partial charge on any atom is -0.460 e. The van der Waals surface area contributed by atoms with Crippen molar-refractivity contribution in [2.45, 2.75) is 80.1 Å². The highest BCUT2D eigenvalue weighted by Gasteiger charge is 2.39. The second kappa shape index (κ2) is 31.7. The maximum Gasteiger partial charge on any atom is 0.340 e. The average molecular weight is 1050 g/mol. The summed E-state index contributed by atoms with van der Waals surface area (Å²) in [6.45, 7) is 28.8. The fraction of sp³-hybridized carbons (Fsp3) is 0.611. The van der Waals surface area contributed by atoms with Crippen LogP contribution in [0.25, 0.3) is 9.69 Å². The van der Waals surface area contributed by atoms with E-state index in [-0.39, 0.29) is 130 Å². The Morgan fingerprint density at radius 1 is 0.500 bits per heavy atom. The van der Waals surface area contributed by atoms with Crippen molar-refractivity contribution in [1.29, 1.82) is 21.0 Å². The smallest absolute Gasteiger partial charge is 0.340 e. The van der Waals surface area contributed by atoms with Crippen molar-refractivity contribution in [1.82, 2.24) is 20.9 Å². The van der Waals surface area contributed by atoms with Crippen molar-refractivity contribution < 1.29 is 58.1 Å². The first-order valence-corrected chi connectivity index (χ1v) is 25.1. The van der Waals surface area contributed by atoms with Gasteiger partial charge in [0.15, 0.2) is 0 Å². The Morgan fingerprint density at radius 2 is 0.803 bits per heavy atom. The van der Waals surface area contributed by atoms with Gasteiger partial charge in [-0.25, -0.2) is 34.6 Å². The maximum atomic E-state index is 13.2. The molecule has 22 nitrogen and oxygen atoms in total. The minimum atomic E-state index is -0.746. The van der Waals surface area contributed by atoms with Gasteiger partial charge in [-0.3, -0.25) is 4.90 Å². The van der Waals surface area contributed by atoms with E-state index in [4.69, 9.17) is 41.6 Å². The predicted molar refractivity (Wildman–Crippen MR) is 274 cm³/mol. The highest BCUT2D eigenvalue weighted by atomic mass is 16.5. The van der Waals surface area contributed by atoms with Gasteiger partial charge in [0.2, 0.25) is 0 Å². The first-order chi connectivity index (χ1) is 36.3. The number of hydrogen-bond donors (Lipinski definition) is 6. The molecule has 0 bridgehead atoms. The van der Waals surface area contributed by atoms with Crippen LogP contribution in [0.2, 0.25) is 0 Å². The SMILES string of the molecule is [C-]#[N+]/C(C#N)=C1/CC(C)(C)CC(NCCOCCN(CCOCCNC2=C(C(=O)OCCO)C(=C(C#N)C#N)CC(C)(C)C2)CCOCCNC2=C(C(=O)OCCO)/C(=C(/C#N)[N+]#[C-])CC(C)(C)C2)=C1C(=O)OCCO. The molecule has 0 aromatic rings. The normalized spacial score (nSPS) is 17.9. The van der Waals surface area contributed by atoms with Crippen LogP contribution in [0.4, 0.5) is 0 Å². The summed E-state index contributed by atoms with van der Waals surface area (Å²) in [6, 6.07) is 7.60. The molecule has 0 aliphatic heterocycles. The Morgan fingerprint density at radius 3 is 1.08 bits per heavy atom. The number of nitriles is 4. The van der Waals surface area contributed by atoms with E-state index in [1.165, 1.54) is 0 Å². The topological polar surface area (TPSA) is 310 Å². The number of carbonyl (C=O) groups is 3. The van der Waals surface area contributed by atoms with Crippen molar-refractivity contribution in [2.75, 3.05) is 119 Å². The van der Waals surface area contributed by atoms with Crippen molar-refractivity contribution >= 4 is 17.9 Å². The summed E-state index contributed by atoms with van der Waals surface area (Å²) in [5, 5.41) is 76.6. The minimum absolute atomic E-state index is 0.104. The zero-order valence-electron chi connectivity index (χ0n) is 44.6. The van der Waals surface area contributed by atoms with Crippen LogP contribution in [-0.2, 0) is 42.8 Å². The number of nitrogens with zero attached hydrogens (tertiary/aromatic N) is 7. The summed E-state index contributed by atoms with van der Waals surface area (Å²) in [5.74, 6) is -2.22. The molecule has 0 spiro atoms. The number of esters is 3. The zero-order chi connectivity index (χ0) is 56.3. The number of nitrogens with one attached hydrogen (secondary N) is 3. The van der Waals surface area contributed by atoms with Crippen molar-refractivity contribution in [3.63, 3.8) is 0 Å². The summed E-state index contributed by atoms with van der Waals surface area (Å²) in [5.41, 5.74) is 0.928. The van der Waals surface area contributed by atoms with Crippen LogP contribution in [0.5, 0.6) is 0 Å². The molecule has 22 heteroatoms. The van der Waals surface area contributed by atoms with E-state index >= 15 is 0 Å². The van der Waals surface area contributed by atoms with E-state index in [2.05, 4.69) is 30.5 Å². The molecule has 0 heterocycles. The molecular weight excluding hydrogens is 981 g/mol. The molecule has 3 rings (SSSR count). The molecule has 0 atom stereocenters. The molecule has 0 aromatic carbocycles.